The minimum Gasteiger partial charge on any atom is -0.342 e. The first-order chi connectivity index (χ1) is 22.8. The van der Waals surface area contributed by atoms with Gasteiger partial charge >= 0.3 is 12.4 Å². The van der Waals surface area contributed by atoms with Crippen molar-refractivity contribution >= 4 is 11.8 Å². The maximum Gasteiger partial charge on any atom is 0.416 e. The molecule has 48 heavy (non-hydrogen) atoms. The Balaban J connectivity index is 1.24. The van der Waals surface area contributed by atoms with Crippen molar-refractivity contribution in [3.63, 3.8) is 0 Å². The molecule has 3 heterocycles. The van der Waals surface area contributed by atoms with Crippen molar-refractivity contribution in [3.05, 3.63) is 107 Å². The van der Waals surface area contributed by atoms with Gasteiger partial charge in [0.05, 0.1) is 16.5 Å². The molecule has 256 valence electrons. The van der Waals surface area contributed by atoms with E-state index in [1.54, 1.807) is 0 Å². The number of carbonyl (C=O) groups excluding carboxylic acids is 2. The van der Waals surface area contributed by atoms with E-state index in [0.717, 1.165) is 37.1 Å². The van der Waals surface area contributed by atoms with Crippen LogP contribution < -0.4 is 0 Å². The Morgan fingerprint density at radius 2 is 1.29 bits per heavy atom. The number of carbonyl (C=O) groups is 2. The van der Waals surface area contributed by atoms with Gasteiger partial charge in [-0.1, -0.05) is 60.7 Å². The first-order valence-corrected chi connectivity index (χ1v) is 16.6. The monoisotopic (exact) mass is 671 g/mol. The van der Waals surface area contributed by atoms with Crippen molar-refractivity contribution in [3.8, 4) is 0 Å². The third-order valence-electron chi connectivity index (χ3n) is 10.4. The molecule has 6 rings (SSSR count). The Bertz CT molecular complexity index is 1550. The molecule has 2 amide bonds. The summed E-state index contributed by atoms with van der Waals surface area (Å²) in [4.78, 5) is 33.6. The van der Waals surface area contributed by atoms with Gasteiger partial charge in [0.1, 0.15) is 0 Å². The van der Waals surface area contributed by atoms with Crippen LogP contribution in [-0.4, -0.2) is 71.3 Å². The number of nitrogens with zero attached hydrogens (tertiary/aromatic N) is 3. The molecule has 11 heteroatoms. The lowest BCUT2D eigenvalue weighted by atomic mass is 9.71. The van der Waals surface area contributed by atoms with Gasteiger partial charge in [-0.3, -0.25) is 9.59 Å². The molecule has 5 nitrogen and oxygen atoms in total. The minimum absolute atomic E-state index is 0.0330. The van der Waals surface area contributed by atoms with Gasteiger partial charge in [-0.25, -0.2) is 0 Å². The molecular formula is C37H39F6N3O2. The van der Waals surface area contributed by atoms with E-state index >= 15 is 0 Å². The Morgan fingerprint density at radius 3 is 1.85 bits per heavy atom. The van der Waals surface area contributed by atoms with Crippen molar-refractivity contribution in [2.24, 2.45) is 0 Å². The molecule has 2 unspecified atom stereocenters. The predicted molar refractivity (Wildman–Crippen MR) is 169 cm³/mol. The van der Waals surface area contributed by atoms with Gasteiger partial charge in [-0.05, 0) is 87.4 Å². The van der Waals surface area contributed by atoms with Gasteiger partial charge in [-0.15, -0.1) is 0 Å². The van der Waals surface area contributed by atoms with Crippen molar-refractivity contribution in [2.75, 3.05) is 32.7 Å². The average molecular weight is 672 g/mol. The molecule has 3 aromatic rings. The van der Waals surface area contributed by atoms with Gasteiger partial charge in [0, 0.05) is 37.3 Å². The third kappa shape index (κ3) is 7.11. The Hall–Kier alpha value is -3.86. The van der Waals surface area contributed by atoms with Crippen LogP contribution in [0.2, 0.25) is 0 Å². The second-order valence-corrected chi connectivity index (χ2v) is 13.3. The molecule has 3 aliphatic rings. The van der Waals surface area contributed by atoms with E-state index < -0.39 is 46.4 Å². The van der Waals surface area contributed by atoms with Crippen LogP contribution >= 0.6 is 0 Å². The average Bonchev–Trinajstić information content (AvgIpc) is 3.63. The Morgan fingerprint density at radius 1 is 0.729 bits per heavy atom. The molecule has 0 radical (unpaired) electrons. The van der Waals surface area contributed by atoms with E-state index in [9.17, 15) is 35.9 Å². The zero-order valence-electron chi connectivity index (χ0n) is 26.6. The minimum atomic E-state index is -5.05. The molecule has 3 aliphatic heterocycles. The van der Waals surface area contributed by atoms with Crippen LogP contribution in [0.25, 0.3) is 0 Å². The second-order valence-electron chi connectivity index (χ2n) is 13.3. The smallest absolute Gasteiger partial charge is 0.342 e. The summed E-state index contributed by atoms with van der Waals surface area (Å²) in [5.41, 5.74) is -2.33. The van der Waals surface area contributed by atoms with Crippen molar-refractivity contribution in [1.82, 2.24) is 14.7 Å². The predicted octanol–water partition coefficient (Wildman–Crippen LogP) is 7.60. The lowest BCUT2D eigenvalue weighted by Crippen LogP contribution is -2.57. The van der Waals surface area contributed by atoms with Gasteiger partial charge in [-0.2, -0.15) is 26.3 Å². The van der Waals surface area contributed by atoms with Crippen molar-refractivity contribution in [1.29, 1.82) is 0 Å². The Kier molecular flexibility index (Phi) is 9.62. The van der Waals surface area contributed by atoms with Crippen LogP contribution in [0.3, 0.4) is 0 Å². The van der Waals surface area contributed by atoms with Crippen LogP contribution in [0.4, 0.5) is 26.3 Å². The van der Waals surface area contributed by atoms with Crippen LogP contribution in [-0.2, 0) is 29.0 Å². The number of benzene rings is 3. The summed E-state index contributed by atoms with van der Waals surface area (Å²) in [6.45, 7) is 3.04. The quantitative estimate of drug-likeness (QED) is 0.254. The highest BCUT2D eigenvalue weighted by molar-refractivity contribution is 5.95. The fourth-order valence-electron chi connectivity index (χ4n) is 7.83. The lowest BCUT2D eigenvalue weighted by Gasteiger charge is -2.48. The van der Waals surface area contributed by atoms with E-state index in [1.165, 1.54) is 4.90 Å². The molecule has 3 fully saturated rings. The van der Waals surface area contributed by atoms with Gasteiger partial charge in [0.25, 0.3) is 5.91 Å². The first-order valence-electron chi connectivity index (χ1n) is 16.6. The summed E-state index contributed by atoms with van der Waals surface area (Å²) in [6, 6.07) is 20.0. The number of hydrogen-bond acceptors (Lipinski definition) is 3. The number of rotatable bonds is 6. The first kappa shape index (κ1) is 34.0. The highest BCUT2D eigenvalue weighted by Crippen LogP contribution is 2.41. The SMILES string of the molecule is O=C(c1cc(C(F)(F)F)cc(C(F)(F)F)c1)N1CCC(N2CCC(C(=O)N3CCCC3)(c3ccccc3)CC2)CC1Cc1ccccc1. The number of alkyl halides is 6. The fraction of sp³-hybridized carbons (Fsp3) is 0.459. The van der Waals surface area contributed by atoms with Crippen LogP contribution in [0.5, 0.6) is 0 Å². The number of halogens is 6. The number of hydrogen-bond donors (Lipinski definition) is 0. The van der Waals surface area contributed by atoms with Crippen molar-refractivity contribution in [2.45, 2.75) is 74.8 Å². The standard InChI is InChI=1S/C37H39F6N3O2/c38-36(39,40)29-22-27(23-30(24-29)37(41,42)43)33(47)46-18-13-31(25-32(46)21-26-9-3-1-4-10-26)44-19-14-35(15-20-44,28-11-5-2-6-12-28)34(48)45-16-7-8-17-45/h1-6,9-12,22-24,31-32H,7-8,13-21,25H2. The fourth-order valence-corrected chi connectivity index (χ4v) is 7.83. The molecule has 3 saturated heterocycles. The largest absolute Gasteiger partial charge is 0.416 e. The number of amides is 2. The maximum atomic E-state index is 14.0. The normalized spacial score (nSPS) is 22.1. The number of piperidine rings is 2. The van der Waals surface area contributed by atoms with Gasteiger partial charge in [0.2, 0.25) is 5.91 Å². The molecule has 0 aromatic heterocycles. The Labute approximate surface area is 276 Å². The summed E-state index contributed by atoms with van der Waals surface area (Å²) in [5.74, 6) is -0.670. The van der Waals surface area contributed by atoms with Crippen LogP contribution in [0.15, 0.2) is 78.9 Å². The second kappa shape index (κ2) is 13.6. The highest BCUT2D eigenvalue weighted by Gasteiger charge is 2.47. The number of likely N-dealkylation sites (tertiary alicyclic amines) is 3. The molecular weight excluding hydrogens is 632 g/mol. The molecule has 0 saturated carbocycles. The molecule has 0 N–H and O–H groups in total. The van der Waals surface area contributed by atoms with Crippen LogP contribution in [0, 0.1) is 0 Å². The van der Waals surface area contributed by atoms with E-state index in [2.05, 4.69) is 4.90 Å². The zero-order valence-corrected chi connectivity index (χ0v) is 26.6. The van der Waals surface area contributed by atoms with E-state index in [0.29, 0.717) is 57.3 Å². The summed E-state index contributed by atoms with van der Waals surface area (Å²) in [6.07, 6.45) is -5.40. The zero-order chi connectivity index (χ0) is 34.1. The lowest BCUT2D eigenvalue weighted by molar-refractivity contribution is -0.143. The topological polar surface area (TPSA) is 43.9 Å². The van der Waals surface area contributed by atoms with Crippen molar-refractivity contribution < 1.29 is 35.9 Å². The maximum absolute atomic E-state index is 14.0. The summed E-state index contributed by atoms with van der Waals surface area (Å²) in [5, 5.41) is 0. The third-order valence-corrected chi connectivity index (χ3v) is 10.4. The molecule has 2 atom stereocenters. The molecule has 0 bridgehead atoms. The summed E-state index contributed by atoms with van der Waals surface area (Å²) in [7, 11) is 0. The molecule has 0 aliphatic carbocycles. The van der Waals surface area contributed by atoms with Gasteiger partial charge in [0.15, 0.2) is 0 Å². The highest BCUT2D eigenvalue weighted by atomic mass is 19.4. The van der Waals surface area contributed by atoms with Gasteiger partial charge < -0.3 is 14.7 Å². The van der Waals surface area contributed by atoms with Crippen LogP contribution in [0.1, 0.15) is 71.1 Å². The van der Waals surface area contributed by atoms with E-state index in [-0.39, 0.29) is 24.6 Å². The summed E-state index contributed by atoms with van der Waals surface area (Å²) >= 11 is 0. The molecule has 3 aromatic carbocycles. The molecule has 0 spiro atoms. The van der Waals surface area contributed by atoms with E-state index in [1.807, 2.05) is 65.6 Å². The summed E-state index contributed by atoms with van der Waals surface area (Å²) < 4.78 is 81.9. The van der Waals surface area contributed by atoms with E-state index in [4.69, 9.17) is 0 Å².